The van der Waals surface area contributed by atoms with E-state index in [1.54, 1.807) is 30.4 Å². The van der Waals surface area contributed by atoms with Crippen LogP contribution in [0.4, 0.5) is 13.2 Å². The molecule has 2 aromatic rings. The number of rotatable bonds is 5. The molecule has 0 aliphatic heterocycles. The van der Waals surface area contributed by atoms with E-state index in [2.05, 4.69) is 16.3 Å². The number of terminal acetylenes is 1. The molecule has 1 heterocycles. The molecule has 1 aliphatic carbocycles. The summed E-state index contributed by atoms with van der Waals surface area (Å²) < 4.78 is 41.0. The molecule has 0 bridgehead atoms. The second-order valence-corrected chi connectivity index (χ2v) is 6.53. The van der Waals surface area contributed by atoms with Gasteiger partial charge >= 0.3 is 0 Å². The minimum Gasteiger partial charge on any atom is -0.343 e. The largest absolute Gasteiger partial charge is 0.343 e. The summed E-state index contributed by atoms with van der Waals surface area (Å²) in [6.07, 6.45) is 11.2. The highest BCUT2D eigenvalue weighted by atomic mass is 19.3. The van der Waals surface area contributed by atoms with E-state index in [-0.39, 0.29) is 12.1 Å². The van der Waals surface area contributed by atoms with Gasteiger partial charge in [0.25, 0.3) is 12.3 Å². The summed E-state index contributed by atoms with van der Waals surface area (Å²) in [5, 5.41) is 6.63. The Morgan fingerprint density at radius 2 is 2.07 bits per heavy atom. The number of hydrogen-bond donors (Lipinski definition) is 1. The molecular formula is C21H18F3N3O. The lowest BCUT2D eigenvalue weighted by molar-refractivity contribution is 0.0913. The van der Waals surface area contributed by atoms with E-state index in [1.807, 2.05) is 6.08 Å². The SMILES string of the molecule is C#CCC1(c2ccc(F)cc2)C=CC=CC1NC(=O)c1nn(C)cc1C(F)F. The lowest BCUT2D eigenvalue weighted by Crippen LogP contribution is -2.49. The van der Waals surface area contributed by atoms with E-state index in [0.29, 0.717) is 5.56 Å². The summed E-state index contributed by atoms with van der Waals surface area (Å²) in [7, 11) is 1.47. The number of nitrogens with one attached hydrogen (secondary N) is 1. The van der Waals surface area contributed by atoms with Crippen LogP contribution in [0.5, 0.6) is 0 Å². The molecule has 0 radical (unpaired) electrons. The standard InChI is InChI=1S/C21H18F3N3O/c1-3-11-21(14-7-9-15(22)10-8-14)12-5-4-6-17(21)25-20(28)18-16(19(23)24)13-27(2)26-18/h1,4-10,12-13,17,19H,11H2,2H3,(H,25,28). The van der Waals surface area contributed by atoms with Gasteiger partial charge < -0.3 is 5.32 Å². The summed E-state index contributed by atoms with van der Waals surface area (Å²) >= 11 is 0. The van der Waals surface area contributed by atoms with Gasteiger partial charge in [0.1, 0.15) is 5.82 Å². The van der Waals surface area contributed by atoms with Crippen molar-refractivity contribution in [2.45, 2.75) is 24.3 Å². The van der Waals surface area contributed by atoms with Crippen LogP contribution >= 0.6 is 0 Å². The molecule has 0 saturated heterocycles. The van der Waals surface area contributed by atoms with Crippen LogP contribution in [0, 0.1) is 18.2 Å². The second kappa shape index (κ2) is 7.77. The number of benzene rings is 1. The van der Waals surface area contributed by atoms with Gasteiger partial charge in [0.05, 0.1) is 11.6 Å². The fourth-order valence-electron chi connectivity index (χ4n) is 3.38. The highest BCUT2D eigenvalue weighted by Gasteiger charge is 2.39. The number of carbonyl (C=O) groups is 1. The van der Waals surface area contributed by atoms with Gasteiger partial charge in [0.2, 0.25) is 0 Å². The predicted octanol–water partition coefficient (Wildman–Crippen LogP) is 3.68. The summed E-state index contributed by atoms with van der Waals surface area (Å²) in [6.45, 7) is 0. The fraction of sp³-hybridized carbons (Fsp3) is 0.238. The minimum atomic E-state index is -2.83. The molecule has 144 valence electrons. The maximum Gasteiger partial charge on any atom is 0.272 e. The molecule has 2 unspecified atom stereocenters. The van der Waals surface area contributed by atoms with Crippen molar-refractivity contribution in [1.82, 2.24) is 15.1 Å². The highest BCUT2D eigenvalue weighted by molar-refractivity contribution is 5.94. The van der Waals surface area contributed by atoms with Crippen LogP contribution in [0.2, 0.25) is 0 Å². The molecule has 1 aliphatic rings. The topological polar surface area (TPSA) is 46.9 Å². The third kappa shape index (κ3) is 3.58. The van der Waals surface area contributed by atoms with Crippen molar-refractivity contribution < 1.29 is 18.0 Å². The number of carbonyl (C=O) groups excluding carboxylic acids is 1. The van der Waals surface area contributed by atoms with E-state index >= 15 is 0 Å². The van der Waals surface area contributed by atoms with Crippen molar-refractivity contribution in [3.63, 3.8) is 0 Å². The molecule has 7 heteroatoms. The molecule has 1 N–H and O–H groups in total. The monoisotopic (exact) mass is 385 g/mol. The van der Waals surface area contributed by atoms with Crippen LogP contribution in [0.25, 0.3) is 0 Å². The smallest absolute Gasteiger partial charge is 0.272 e. The Labute approximate surface area is 160 Å². The average molecular weight is 385 g/mol. The molecule has 2 atom stereocenters. The Balaban J connectivity index is 1.98. The van der Waals surface area contributed by atoms with Crippen molar-refractivity contribution in [3.8, 4) is 12.3 Å². The fourth-order valence-corrected chi connectivity index (χ4v) is 3.38. The van der Waals surface area contributed by atoms with Crippen molar-refractivity contribution in [1.29, 1.82) is 0 Å². The lowest BCUT2D eigenvalue weighted by Gasteiger charge is -2.38. The molecule has 4 nitrogen and oxygen atoms in total. The first kappa shape index (κ1) is 19.5. The van der Waals surface area contributed by atoms with Gasteiger partial charge in [-0.15, -0.1) is 12.3 Å². The first-order valence-electron chi connectivity index (χ1n) is 8.55. The normalized spacial score (nSPS) is 20.9. The first-order chi connectivity index (χ1) is 13.4. The maximum atomic E-state index is 13.4. The number of aryl methyl sites for hydroxylation is 1. The van der Waals surface area contributed by atoms with Gasteiger partial charge in [-0.25, -0.2) is 13.2 Å². The molecule has 0 spiro atoms. The zero-order chi connectivity index (χ0) is 20.3. The average Bonchev–Trinajstić information content (AvgIpc) is 3.06. The van der Waals surface area contributed by atoms with E-state index in [0.717, 1.165) is 6.20 Å². The third-order valence-corrected chi connectivity index (χ3v) is 4.73. The summed E-state index contributed by atoms with van der Waals surface area (Å²) in [6, 6.07) is 5.19. The highest BCUT2D eigenvalue weighted by Crippen LogP contribution is 2.36. The van der Waals surface area contributed by atoms with Crippen molar-refractivity contribution in [3.05, 3.63) is 77.4 Å². The zero-order valence-corrected chi connectivity index (χ0v) is 15.1. The van der Waals surface area contributed by atoms with E-state index in [1.165, 1.54) is 23.9 Å². The summed E-state index contributed by atoms with van der Waals surface area (Å²) in [5.41, 5.74) is -0.922. The molecule has 1 amide bonds. The van der Waals surface area contributed by atoms with E-state index in [4.69, 9.17) is 6.42 Å². The predicted molar refractivity (Wildman–Crippen MR) is 99.2 cm³/mol. The van der Waals surface area contributed by atoms with E-state index in [9.17, 15) is 18.0 Å². The third-order valence-electron chi connectivity index (χ3n) is 4.73. The van der Waals surface area contributed by atoms with Crippen LogP contribution in [0.1, 0.15) is 34.5 Å². The molecule has 3 rings (SSSR count). The van der Waals surface area contributed by atoms with Gasteiger partial charge in [0.15, 0.2) is 5.69 Å². The Morgan fingerprint density at radius 3 is 2.71 bits per heavy atom. The Morgan fingerprint density at radius 1 is 1.36 bits per heavy atom. The molecule has 1 aromatic heterocycles. The van der Waals surface area contributed by atoms with Crippen LogP contribution in [-0.4, -0.2) is 21.7 Å². The van der Waals surface area contributed by atoms with Crippen LogP contribution in [0.3, 0.4) is 0 Å². The van der Waals surface area contributed by atoms with Gasteiger partial charge in [-0.3, -0.25) is 9.48 Å². The molecule has 0 fully saturated rings. The van der Waals surface area contributed by atoms with Gasteiger partial charge in [-0.1, -0.05) is 36.4 Å². The molecule has 1 aromatic carbocycles. The number of alkyl halides is 2. The number of aromatic nitrogens is 2. The Bertz CT molecular complexity index is 970. The number of amides is 1. The van der Waals surface area contributed by atoms with Gasteiger partial charge in [0, 0.05) is 25.1 Å². The van der Waals surface area contributed by atoms with Crippen LogP contribution in [-0.2, 0) is 12.5 Å². The van der Waals surface area contributed by atoms with Gasteiger partial charge in [-0.2, -0.15) is 5.10 Å². The quantitative estimate of drug-likeness (QED) is 0.798. The number of halogens is 3. The zero-order valence-electron chi connectivity index (χ0n) is 15.1. The van der Waals surface area contributed by atoms with Crippen LogP contribution < -0.4 is 5.32 Å². The van der Waals surface area contributed by atoms with Crippen molar-refractivity contribution >= 4 is 5.91 Å². The molecule has 0 saturated carbocycles. The van der Waals surface area contributed by atoms with Gasteiger partial charge in [-0.05, 0) is 17.7 Å². The summed E-state index contributed by atoms with van der Waals surface area (Å²) in [5.74, 6) is 1.47. The second-order valence-electron chi connectivity index (χ2n) is 6.53. The maximum absolute atomic E-state index is 13.4. The molecule has 28 heavy (non-hydrogen) atoms. The number of allylic oxidation sites excluding steroid dienone is 2. The summed E-state index contributed by atoms with van der Waals surface area (Å²) in [4.78, 5) is 12.7. The molecular weight excluding hydrogens is 367 g/mol. The number of nitrogens with zero attached hydrogens (tertiary/aromatic N) is 2. The lowest BCUT2D eigenvalue weighted by atomic mass is 9.69. The van der Waals surface area contributed by atoms with Crippen molar-refractivity contribution in [2.24, 2.45) is 7.05 Å². The minimum absolute atomic E-state index is 0.217. The van der Waals surface area contributed by atoms with Crippen molar-refractivity contribution in [2.75, 3.05) is 0 Å². The van der Waals surface area contributed by atoms with Crippen LogP contribution in [0.15, 0.2) is 54.8 Å². The first-order valence-corrected chi connectivity index (χ1v) is 8.55. The Hall–Kier alpha value is -3.27. The number of hydrogen-bond acceptors (Lipinski definition) is 2. The van der Waals surface area contributed by atoms with E-state index < -0.39 is 35.2 Å². The Kier molecular flexibility index (Phi) is 5.41.